The molecular weight excluding hydrogens is 486 g/mol. The van der Waals surface area contributed by atoms with E-state index in [9.17, 15) is 19.5 Å². The van der Waals surface area contributed by atoms with E-state index >= 15 is 8.78 Å². The predicted molar refractivity (Wildman–Crippen MR) is 128 cm³/mol. The molecule has 37 heavy (non-hydrogen) atoms. The molecule has 5 aliphatic rings. The first-order chi connectivity index (χ1) is 17.4. The van der Waals surface area contributed by atoms with Crippen molar-refractivity contribution in [3.05, 3.63) is 11.6 Å². The quantitative estimate of drug-likeness (QED) is 0.526. The second-order valence-corrected chi connectivity index (χ2v) is 12.1. The van der Waals surface area contributed by atoms with Gasteiger partial charge in [0.15, 0.2) is 24.3 Å². The molecule has 0 aromatic rings. The van der Waals surface area contributed by atoms with Crippen LogP contribution in [0.3, 0.4) is 0 Å². The number of Topliss-reactive ketones (excluding diaryl/α,β-unsaturated/α-hetero) is 1. The van der Waals surface area contributed by atoms with Crippen LogP contribution in [0, 0.1) is 22.7 Å². The lowest BCUT2D eigenvalue weighted by Crippen LogP contribution is -2.71. The predicted octanol–water partition coefficient (Wildman–Crippen LogP) is 3.94. The topological polar surface area (TPSA) is 99.1 Å². The molecule has 0 unspecified atom stereocenters. The lowest BCUT2D eigenvalue weighted by atomic mass is 9.43. The molecule has 1 aliphatic heterocycles. The van der Waals surface area contributed by atoms with E-state index in [0.717, 1.165) is 6.42 Å². The number of carbonyl (C=O) groups excluding carboxylic acids is 3. The van der Waals surface area contributed by atoms with Crippen LogP contribution in [0.15, 0.2) is 11.6 Å². The normalized spacial score (nSPS) is 48.4. The second-order valence-electron chi connectivity index (χ2n) is 12.1. The van der Waals surface area contributed by atoms with Crippen LogP contribution >= 0.6 is 0 Å². The molecule has 0 radical (unpaired) electrons. The number of carbonyl (C=O) groups is 3. The van der Waals surface area contributed by atoms with E-state index in [1.807, 2.05) is 13.8 Å². The third-order valence-electron chi connectivity index (χ3n) is 10.4. The summed E-state index contributed by atoms with van der Waals surface area (Å²) in [5.74, 6) is -2.64. The third kappa shape index (κ3) is 3.42. The van der Waals surface area contributed by atoms with E-state index in [1.54, 1.807) is 13.8 Å². The molecule has 0 amide bonds. The lowest BCUT2D eigenvalue weighted by molar-refractivity contribution is -0.242. The Labute approximate surface area is 216 Å². The summed E-state index contributed by atoms with van der Waals surface area (Å²) in [6.07, 6.45) is -1.55. The summed E-state index contributed by atoms with van der Waals surface area (Å²) >= 11 is 0. The molecule has 4 fully saturated rings. The maximum atomic E-state index is 17.4. The van der Waals surface area contributed by atoms with Gasteiger partial charge in [-0.2, -0.15) is 0 Å². The van der Waals surface area contributed by atoms with Crippen LogP contribution < -0.4 is 0 Å². The minimum Gasteiger partial charge on any atom is -0.458 e. The molecule has 0 spiro atoms. The fourth-order valence-corrected chi connectivity index (χ4v) is 8.60. The highest BCUT2D eigenvalue weighted by atomic mass is 19.1. The van der Waals surface area contributed by atoms with Crippen molar-refractivity contribution in [2.45, 2.75) is 115 Å². The van der Waals surface area contributed by atoms with Gasteiger partial charge in [0.1, 0.15) is 11.8 Å². The smallest absolute Gasteiger partial charge is 0.305 e. The Bertz CT molecular complexity index is 1030. The molecule has 1 N–H and O–H groups in total. The summed E-state index contributed by atoms with van der Waals surface area (Å²) in [5, 5.41) is 11.6. The van der Waals surface area contributed by atoms with Gasteiger partial charge >= 0.3 is 5.97 Å². The summed E-state index contributed by atoms with van der Waals surface area (Å²) in [4.78, 5) is 37.8. The van der Waals surface area contributed by atoms with Gasteiger partial charge in [0, 0.05) is 29.6 Å². The number of ether oxygens (including phenoxy) is 3. The van der Waals surface area contributed by atoms with E-state index < -0.39 is 77.0 Å². The molecule has 206 valence electrons. The molecule has 7 nitrogen and oxygen atoms in total. The Morgan fingerprint density at radius 1 is 1.22 bits per heavy atom. The van der Waals surface area contributed by atoms with Crippen molar-refractivity contribution in [1.82, 2.24) is 0 Å². The second kappa shape index (κ2) is 8.91. The van der Waals surface area contributed by atoms with Crippen molar-refractivity contribution in [2.75, 3.05) is 6.61 Å². The van der Waals surface area contributed by atoms with Crippen molar-refractivity contribution in [3.8, 4) is 0 Å². The zero-order chi connectivity index (χ0) is 27.0. The van der Waals surface area contributed by atoms with Gasteiger partial charge in [0.2, 0.25) is 5.78 Å². The van der Waals surface area contributed by atoms with Crippen LogP contribution in [0.25, 0.3) is 0 Å². The fraction of sp³-hybridized carbons (Fsp3) is 0.821. The minimum absolute atomic E-state index is 0.0927. The van der Waals surface area contributed by atoms with Crippen LogP contribution in [0.4, 0.5) is 8.78 Å². The molecule has 9 heteroatoms. The van der Waals surface area contributed by atoms with Crippen molar-refractivity contribution >= 4 is 17.5 Å². The van der Waals surface area contributed by atoms with Crippen LogP contribution in [-0.4, -0.2) is 65.2 Å². The zero-order valence-corrected chi connectivity index (χ0v) is 22.1. The summed E-state index contributed by atoms with van der Waals surface area (Å²) in [7, 11) is 0. The average molecular weight is 525 g/mol. The highest BCUT2D eigenvalue weighted by Gasteiger charge is 2.80. The third-order valence-corrected chi connectivity index (χ3v) is 10.4. The first-order valence-corrected chi connectivity index (χ1v) is 13.7. The SMILES string of the molecule is CCC[C@@H]1O[C@@H]2C[C@H]3[C@@H]4C[C@H](F)C5=CC(=O)CC[C@]5(C)[C@@]4(F)[C@@H](O)C[C@]3(C)[C@]2(C(=O)COC(=O)CC)O1. The highest BCUT2D eigenvalue weighted by molar-refractivity contribution is 5.93. The molecular formula is C28H38F2O7. The van der Waals surface area contributed by atoms with E-state index in [4.69, 9.17) is 14.2 Å². The number of halogens is 2. The molecule has 5 rings (SSSR count). The number of rotatable bonds is 6. The largest absolute Gasteiger partial charge is 0.458 e. The summed E-state index contributed by atoms with van der Waals surface area (Å²) in [6, 6.07) is 0. The number of esters is 1. The Balaban J connectivity index is 1.57. The number of ketones is 2. The maximum absolute atomic E-state index is 17.4. The molecule has 0 aromatic heterocycles. The first-order valence-electron chi connectivity index (χ1n) is 13.7. The van der Waals surface area contributed by atoms with Crippen LogP contribution in [-0.2, 0) is 28.6 Å². The van der Waals surface area contributed by atoms with E-state index in [2.05, 4.69) is 0 Å². The lowest BCUT2D eigenvalue weighted by Gasteiger charge is -2.64. The van der Waals surface area contributed by atoms with Gasteiger partial charge in [0.05, 0.1) is 12.2 Å². The maximum Gasteiger partial charge on any atom is 0.305 e. The van der Waals surface area contributed by atoms with Gasteiger partial charge in [0.25, 0.3) is 0 Å². The Morgan fingerprint density at radius 2 is 1.95 bits per heavy atom. The number of hydrogen-bond donors (Lipinski definition) is 1. The van der Waals surface area contributed by atoms with Gasteiger partial charge in [-0.25, -0.2) is 8.78 Å². The zero-order valence-electron chi connectivity index (χ0n) is 22.1. The Morgan fingerprint density at radius 3 is 2.62 bits per heavy atom. The van der Waals surface area contributed by atoms with Gasteiger partial charge < -0.3 is 19.3 Å². The van der Waals surface area contributed by atoms with Gasteiger partial charge in [-0.05, 0) is 49.7 Å². The summed E-state index contributed by atoms with van der Waals surface area (Å²) < 4.78 is 50.9. The number of allylic oxidation sites excluding steroid dienone is 1. The van der Waals surface area contributed by atoms with Crippen molar-refractivity contribution < 1.29 is 42.5 Å². The molecule has 10 atom stereocenters. The average Bonchev–Trinajstić information content (AvgIpc) is 3.33. The van der Waals surface area contributed by atoms with Gasteiger partial charge in [-0.3, -0.25) is 14.4 Å². The van der Waals surface area contributed by atoms with E-state index in [0.29, 0.717) is 6.42 Å². The summed E-state index contributed by atoms with van der Waals surface area (Å²) in [6.45, 7) is 6.52. The Kier molecular flexibility index (Phi) is 6.48. The number of aliphatic hydroxyl groups is 1. The van der Waals surface area contributed by atoms with Crippen LogP contribution in [0.2, 0.25) is 0 Å². The van der Waals surface area contributed by atoms with E-state index in [1.165, 1.54) is 6.08 Å². The van der Waals surface area contributed by atoms with Crippen LogP contribution in [0.1, 0.15) is 79.1 Å². The number of fused-ring (bicyclic) bond motifs is 7. The molecule has 0 aromatic carbocycles. The van der Waals surface area contributed by atoms with E-state index in [-0.39, 0.29) is 49.9 Å². The number of aliphatic hydroxyl groups excluding tert-OH is 1. The molecule has 3 saturated carbocycles. The monoisotopic (exact) mass is 524 g/mol. The minimum atomic E-state index is -2.17. The first kappa shape index (κ1) is 26.9. The highest BCUT2D eigenvalue weighted by Crippen LogP contribution is 2.72. The van der Waals surface area contributed by atoms with Gasteiger partial charge in [-0.15, -0.1) is 0 Å². The summed E-state index contributed by atoms with van der Waals surface area (Å²) in [5.41, 5.74) is -5.98. The fourth-order valence-electron chi connectivity index (χ4n) is 8.60. The molecule has 1 heterocycles. The van der Waals surface area contributed by atoms with Crippen molar-refractivity contribution in [3.63, 3.8) is 0 Å². The Hall–Kier alpha value is -1.71. The van der Waals surface area contributed by atoms with Gasteiger partial charge in [-0.1, -0.05) is 34.1 Å². The number of hydrogen-bond acceptors (Lipinski definition) is 7. The van der Waals surface area contributed by atoms with Crippen LogP contribution in [0.5, 0.6) is 0 Å². The molecule has 0 bridgehead atoms. The molecule has 1 saturated heterocycles. The standard InChI is InChI=1S/C28H38F2O7/c1-5-7-24-36-22-12-16-17-11-19(29)18-10-15(31)8-9-25(18,3)27(17,30)20(32)13-26(16,4)28(22,37-24)21(33)14-35-23(34)6-2/h10,16-17,19-20,22,24,32H,5-9,11-14H2,1-4H3/t16-,17-,19-,20-,22+,24+,25-,26-,27-,28+/m0/s1. The number of alkyl halides is 2. The van der Waals surface area contributed by atoms with Crippen molar-refractivity contribution in [2.24, 2.45) is 22.7 Å². The molecule has 4 aliphatic carbocycles. The van der Waals surface area contributed by atoms with Crippen molar-refractivity contribution in [1.29, 1.82) is 0 Å².